The molecule has 0 N–H and O–H groups in total. The molecule has 0 aromatic heterocycles. The van der Waals surface area contributed by atoms with E-state index in [-0.39, 0.29) is 18.1 Å². The summed E-state index contributed by atoms with van der Waals surface area (Å²) >= 11 is 0. The van der Waals surface area contributed by atoms with E-state index in [9.17, 15) is 14.9 Å². The van der Waals surface area contributed by atoms with E-state index in [0.717, 1.165) is 5.56 Å². The molecule has 0 unspecified atom stereocenters. The predicted molar refractivity (Wildman–Crippen MR) is 76.9 cm³/mol. The molecule has 0 saturated heterocycles. The Hall–Kier alpha value is -1.73. The van der Waals surface area contributed by atoms with Gasteiger partial charge in [-0.25, -0.2) is 0 Å². The Kier molecular flexibility index (Phi) is 5.40. The molecule has 110 valence electrons. The van der Waals surface area contributed by atoms with Gasteiger partial charge in [-0.05, 0) is 37.3 Å². The summed E-state index contributed by atoms with van der Waals surface area (Å²) in [6, 6.07) is 6.05. The molecule has 20 heavy (non-hydrogen) atoms. The highest BCUT2D eigenvalue weighted by Gasteiger charge is 2.25. The maximum absolute atomic E-state index is 11.5. The first-order chi connectivity index (χ1) is 9.23. The maximum Gasteiger partial charge on any atom is 0.308 e. The lowest BCUT2D eigenvalue weighted by Crippen LogP contribution is -2.29. The summed E-state index contributed by atoms with van der Waals surface area (Å²) in [7, 11) is -0.537. The zero-order valence-corrected chi connectivity index (χ0v) is 13.1. The first kappa shape index (κ1) is 16.3. The molecule has 1 rings (SSSR count). The second-order valence-corrected chi connectivity index (χ2v) is 9.81. The van der Waals surface area contributed by atoms with Gasteiger partial charge in [0.1, 0.15) is 0 Å². The van der Waals surface area contributed by atoms with Gasteiger partial charge in [0.05, 0.1) is 24.6 Å². The van der Waals surface area contributed by atoms with E-state index in [1.54, 1.807) is 12.1 Å². The SMILES string of the molecule is COC(=O)C[C@H](O[Si](C)(C)C)c1ccc([N+](=O)[O-])cc1. The number of rotatable bonds is 6. The van der Waals surface area contributed by atoms with Gasteiger partial charge < -0.3 is 9.16 Å². The van der Waals surface area contributed by atoms with Crippen LogP contribution in [-0.4, -0.2) is 26.3 Å². The van der Waals surface area contributed by atoms with Gasteiger partial charge in [-0.3, -0.25) is 14.9 Å². The van der Waals surface area contributed by atoms with Crippen LogP contribution < -0.4 is 0 Å². The number of nitrogens with zero attached hydrogens (tertiary/aromatic N) is 1. The largest absolute Gasteiger partial charge is 0.469 e. The number of ether oxygens (including phenoxy) is 1. The quantitative estimate of drug-likeness (QED) is 0.349. The van der Waals surface area contributed by atoms with E-state index >= 15 is 0 Å². The van der Waals surface area contributed by atoms with Crippen molar-refractivity contribution in [1.29, 1.82) is 0 Å². The Morgan fingerprint density at radius 2 is 1.85 bits per heavy atom. The van der Waals surface area contributed by atoms with Gasteiger partial charge in [-0.15, -0.1) is 0 Å². The summed E-state index contributed by atoms with van der Waals surface area (Å²) in [5, 5.41) is 10.6. The first-order valence-corrected chi connectivity index (χ1v) is 9.63. The highest BCUT2D eigenvalue weighted by atomic mass is 28.4. The van der Waals surface area contributed by atoms with E-state index < -0.39 is 19.3 Å². The van der Waals surface area contributed by atoms with Crippen LogP contribution in [0.5, 0.6) is 0 Å². The van der Waals surface area contributed by atoms with Gasteiger partial charge in [0, 0.05) is 12.1 Å². The molecule has 0 bridgehead atoms. The molecular weight excluding hydrogens is 278 g/mol. The van der Waals surface area contributed by atoms with E-state index in [1.807, 2.05) is 19.6 Å². The molecule has 0 amide bonds. The molecule has 0 aliphatic carbocycles. The van der Waals surface area contributed by atoms with Crippen molar-refractivity contribution in [2.75, 3.05) is 7.11 Å². The molecule has 1 aromatic rings. The van der Waals surface area contributed by atoms with Crippen molar-refractivity contribution in [2.24, 2.45) is 0 Å². The van der Waals surface area contributed by atoms with Crippen LogP contribution in [0.25, 0.3) is 0 Å². The van der Waals surface area contributed by atoms with Crippen LogP contribution in [0.1, 0.15) is 18.1 Å². The van der Waals surface area contributed by atoms with E-state index in [1.165, 1.54) is 19.2 Å². The maximum atomic E-state index is 11.5. The molecule has 0 aliphatic rings. The second-order valence-electron chi connectivity index (χ2n) is 5.35. The summed E-state index contributed by atoms with van der Waals surface area (Å²) in [5.74, 6) is -0.369. The van der Waals surface area contributed by atoms with Crippen LogP contribution in [0.2, 0.25) is 19.6 Å². The van der Waals surface area contributed by atoms with Crippen LogP contribution >= 0.6 is 0 Å². The van der Waals surface area contributed by atoms with Crippen molar-refractivity contribution in [3.63, 3.8) is 0 Å². The minimum Gasteiger partial charge on any atom is -0.469 e. The van der Waals surface area contributed by atoms with Gasteiger partial charge >= 0.3 is 5.97 Å². The highest BCUT2D eigenvalue weighted by Crippen LogP contribution is 2.27. The van der Waals surface area contributed by atoms with Crippen molar-refractivity contribution in [2.45, 2.75) is 32.2 Å². The Balaban J connectivity index is 2.96. The number of hydrogen-bond donors (Lipinski definition) is 0. The smallest absolute Gasteiger partial charge is 0.308 e. The fraction of sp³-hybridized carbons (Fsp3) is 0.462. The fourth-order valence-electron chi connectivity index (χ4n) is 1.70. The molecule has 0 radical (unpaired) electrons. The van der Waals surface area contributed by atoms with Crippen molar-refractivity contribution in [3.8, 4) is 0 Å². The number of methoxy groups -OCH3 is 1. The van der Waals surface area contributed by atoms with Gasteiger partial charge in [-0.1, -0.05) is 0 Å². The molecule has 0 heterocycles. The number of nitro benzene ring substituents is 1. The summed E-state index contributed by atoms with van der Waals surface area (Å²) in [5.41, 5.74) is 0.752. The number of carbonyl (C=O) groups is 1. The fourth-order valence-corrected chi connectivity index (χ4v) is 2.77. The van der Waals surface area contributed by atoms with Crippen LogP contribution in [-0.2, 0) is 14.0 Å². The van der Waals surface area contributed by atoms with E-state index in [0.29, 0.717) is 0 Å². The Morgan fingerprint density at radius 3 is 2.25 bits per heavy atom. The molecule has 0 fully saturated rings. The number of non-ortho nitro benzene ring substituents is 1. The number of nitro groups is 1. The Labute approximate surface area is 119 Å². The van der Waals surface area contributed by atoms with Crippen molar-refractivity contribution in [1.82, 2.24) is 0 Å². The molecule has 0 aliphatic heterocycles. The summed E-state index contributed by atoms with van der Waals surface area (Å²) in [4.78, 5) is 21.6. The van der Waals surface area contributed by atoms with Crippen molar-refractivity contribution >= 4 is 20.0 Å². The Morgan fingerprint density at radius 1 is 1.30 bits per heavy atom. The predicted octanol–water partition coefficient (Wildman–Crippen LogP) is 3.05. The zero-order valence-electron chi connectivity index (χ0n) is 12.1. The van der Waals surface area contributed by atoms with E-state index in [4.69, 9.17) is 4.43 Å². The lowest BCUT2D eigenvalue weighted by Gasteiger charge is -2.26. The molecule has 1 aromatic carbocycles. The standard InChI is InChI=1S/C13H19NO5Si/c1-18-13(15)9-12(19-20(2,3)4)10-5-7-11(8-6-10)14(16)17/h5-8,12H,9H2,1-4H3/t12-/m0/s1. The summed E-state index contributed by atoms with van der Waals surface area (Å²) in [6.07, 6.45) is -0.339. The lowest BCUT2D eigenvalue weighted by atomic mass is 10.1. The first-order valence-electron chi connectivity index (χ1n) is 6.22. The van der Waals surface area contributed by atoms with Crippen LogP contribution in [0.15, 0.2) is 24.3 Å². The molecule has 1 atom stereocenters. The third-order valence-corrected chi connectivity index (χ3v) is 3.54. The second kappa shape index (κ2) is 6.62. The lowest BCUT2D eigenvalue weighted by molar-refractivity contribution is -0.384. The molecule has 7 heteroatoms. The van der Waals surface area contributed by atoms with Gasteiger partial charge in [-0.2, -0.15) is 0 Å². The minimum absolute atomic E-state index is 0.0126. The monoisotopic (exact) mass is 297 g/mol. The summed E-state index contributed by atoms with van der Waals surface area (Å²) in [6.45, 7) is 6.05. The highest BCUT2D eigenvalue weighted by molar-refractivity contribution is 6.69. The number of hydrogen-bond acceptors (Lipinski definition) is 5. The molecule has 0 saturated carbocycles. The number of carbonyl (C=O) groups excluding carboxylic acids is 1. The van der Waals surface area contributed by atoms with Crippen LogP contribution in [0, 0.1) is 10.1 Å². The zero-order chi connectivity index (χ0) is 15.3. The molecular formula is C13H19NO5Si. The minimum atomic E-state index is -1.86. The summed E-state index contributed by atoms with van der Waals surface area (Å²) < 4.78 is 10.6. The number of esters is 1. The van der Waals surface area contributed by atoms with Gasteiger partial charge in [0.25, 0.3) is 5.69 Å². The third-order valence-electron chi connectivity index (χ3n) is 2.55. The van der Waals surface area contributed by atoms with Crippen LogP contribution in [0.4, 0.5) is 5.69 Å². The average molecular weight is 297 g/mol. The topological polar surface area (TPSA) is 78.7 Å². The molecule has 0 spiro atoms. The van der Waals surface area contributed by atoms with E-state index in [2.05, 4.69) is 4.74 Å². The number of benzene rings is 1. The third kappa shape index (κ3) is 5.10. The average Bonchev–Trinajstić information content (AvgIpc) is 2.36. The van der Waals surface area contributed by atoms with Gasteiger partial charge in [0.15, 0.2) is 8.32 Å². The van der Waals surface area contributed by atoms with Crippen molar-refractivity contribution < 1.29 is 18.9 Å². The normalized spacial score (nSPS) is 12.8. The van der Waals surface area contributed by atoms with Gasteiger partial charge in [0.2, 0.25) is 0 Å². The van der Waals surface area contributed by atoms with Crippen LogP contribution in [0.3, 0.4) is 0 Å². The van der Waals surface area contributed by atoms with Crippen molar-refractivity contribution in [3.05, 3.63) is 39.9 Å². The Bertz CT molecular complexity index is 481. The molecule has 6 nitrogen and oxygen atoms in total.